The summed E-state index contributed by atoms with van der Waals surface area (Å²) in [6.07, 6.45) is 5.21. The summed E-state index contributed by atoms with van der Waals surface area (Å²) < 4.78 is 10.4. The Morgan fingerprint density at radius 1 is 1.70 bits per heavy atom. The van der Waals surface area contributed by atoms with Gasteiger partial charge in [0.2, 0.25) is 0 Å². The van der Waals surface area contributed by atoms with E-state index in [1.54, 1.807) is 6.92 Å². The van der Waals surface area contributed by atoms with Crippen molar-refractivity contribution in [2.75, 3.05) is 13.2 Å². The molecule has 0 aromatic heterocycles. The van der Waals surface area contributed by atoms with E-state index in [9.17, 15) is 0 Å². The highest BCUT2D eigenvalue weighted by Crippen LogP contribution is 2.23. The van der Waals surface area contributed by atoms with Gasteiger partial charge in [-0.1, -0.05) is 12.5 Å². The van der Waals surface area contributed by atoms with Crippen LogP contribution in [0.4, 0.5) is 0 Å². The zero-order valence-corrected chi connectivity index (χ0v) is 6.02. The molecule has 0 bridgehead atoms. The predicted molar refractivity (Wildman–Crippen MR) is 38.3 cm³/mol. The fraction of sp³-hybridized carbons (Fsp3) is 0.500. The Hall–Kier alpha value is -0.940. The van der Waals surface area contributed by atoms with Gasteiger partial charge in [0.15, 0.2) is 5.60 Å². The van der Waals surface area contributed by atoms with Gasteiger partial charge in [0.1, 0.15) is 12.4 Å². The van der Waals surface area contributed by atoms with Crippen molar-refractivity contribution in [3.8, 4) is 12.3 Å². The summed E-state index contributed by atoms with van der Waals surface area (Å²) in [5.74, 6) is 3.01. The SMILES string of the molecule is C#CC1(C)OCCOC1=C. The standard InChI is InChI=1S/C8H10O2/c1-4-8(3)7(2)9-5-6-10-8/h1H,2,5-6H2,3H3. The van der Waals surface area contributed by atoms with Crippen LogP contribution in [0.25, 0.3) is 0 Å². The minimum atomic E-state index is -0.710. The number of hydrogen-bond donors (Lipinski definition) is 0. The molecule has 0 saturated carbocycles. The summed E-state index contributed by atoms with van der Waals surface area (Å²) in [6.45, 7) is 6.51. The smallest absolute Gasteiger partial charge is 0.181 e. The molecule has 1 saturated heterocycles. The first kappa shape index (κ1) is 7.17. The molecule has 2 nitrogen and oxygen atoms in total. The average molecular weight is 138 g/mol. The summed E-state index contributed by atoms with van der Waals surface area (Å²) in [6, 6.07) is 0. The Balaban J connectivity index is 2.75. The van der Waals surface area contributed by atoms with Gasteiger partial charge < -0.3 is 9.47 Å². The lowest BCUT2D eigenvalue weighted by atomic mass is 10.1. The van der Waals surface area contributed by atoms with Gasteiger partial charge in [0.05, 0.1) is 6.61 Å². The van der Waals surface area contributed by atoms with E-state index in [1.807, 2.05) is 0 Å². The van der Waals surface area contributed by atoms with E-state index in [1.165, 1.54) is 0 Å². The minimum Gasteiger partial charge on any atom is -0.492 e. The zero-order valence-electron chi connectivity index (χ0n) is 6.02. The van der Waals surface area contributed by atoms with Gasteiger partial charge in [0.25, 0.3) is 0 Å². The van der Waals surface area contributed by atoms with Crippen LogP contribution in [-0.2, 0) is 9.47 Å². The quantitative estimate of drug-likeness (QED) is 0.464. The second kappa shape index (κ2) is 2.36. The molecule has 1 aliphatic rings. The molecular formula is C8H10O2. The number of ether oxygens (including phenoxy) is 2. The number of rotatable bonds is 0. The van der Waals surface area contributed by atoms with E-state index in [0.717, 1.165) is 0 Å². The molecule has 0 amide bonds. The molecule has 54 valence electrons. The lowest BCUT2D eigenvalue weighted by Crippen LogP contribution is -2.36. The van der Waals surface area contributed by atoms with Crippen molar-refractivity contribution in [3.05, 3.63) is 12.3 Å². The van der Waals surface area contributed by atoms with Crippen molar-refractivity contribution in [1.29, 1.82) is 0 Å². The molecule has 0 aromatic rings. The molecule has 1 rings (SSSR count). The maximum atomic E-state index is 5.27. The Labute approximate surface area is 60.8 Å². The van der Waals surface area contributed by atoms with Crippen LogP contribution >= 0.6 is 0 Å². The maximum Gasteiger partial charge on any atom is 0.181 e. The second-order valence-corrected chi connectivity index (χ2v) is 2.30. The fourth-order valence-corrected chi connectivity index (χ4v) is 0.751. The third-order valence-electron chi connectivity index (χ3n) is 1.56. The summed E-state index contributed by atoms with van der Waals surface area (Å²) >= 11 is 0. The Kier molecular flexibility index (Phi) is 1.69. The lowest BCUT2D eigenvalue weighted by molar-refractivity contribution is -0.0701. The van der Waals surface area contributed by atoms with E-state index in [0.29, 0.717) is 19.0 Å². The Morgan fingerprint density at radius 2 is 2.40 bits per heavy atom. The Morgan fingerprint density at radius 3 is 2.80 bits per heavy atom. The van der Waals surface area contributed by atoms with Crippen LogP contribution in [0.15, 0.2) is 12.3 Å². The summed E-state index contributed by atoms with van der Waals surface area (Å²) in [4.78, 5) is 0. The maximum absolute atomic E-state index is 5.27. The van der Waals surface area contributed by atoms with Crippen LogP contribution in [0.3, 0.4) is 0 Å². The molecule has 0 N–H and O–H groups in total. The first-order chi connectivity index (χ1) is 4.69. The zero-order chi connectivity index (χ0) is 7.61. The molecular weight excluding hydrogens is 128 g/mol. The molecule has 1 fully saturated rings. The topological polar surface area (TPSA) is 18.5 Å². The molecule has 1 heterocycles. The summed E-state index contributed by atoms with van der Waals surface area (Å²) in [7, 11) is 0. The third kappa shape index (κ3) is 1.01. The lowest BCUT2D eigenvalue weighted by Gasteiger charge is -2.30. The van der Waals surface area contributed by atoms with Crippen molar-refractivity contribution in [1.82, 2.24) is 0 Å². The molecule has 0 spiro atoms. The van der Waals surface area contributed by atoms with E-state index >= 15 is 0 Å². The average Bonchev–Trinajstić information content (AvgIpc) is 1.96. The van der Waals surface area contributed by atoms with Gasteiger partial charge >= 0.3 is 0 Å². The van der Waals surface area contributed by atoms with Gasteiger partial charge in [0, 0.05) is 0 Å². The molecule has 2 heteroatoms. The van der Waals surface area contributed by atoms with Crippen molar-refractivity contribution >= 4 is 0 Å². The number of terminal acetylenes is 1. The van der Waals surface area contributed by atoms with Crippen molar-refractivity contribution in [3.63, 3.8) is 0 Å². The highest BCUT2D eigenvalue weighted by molar-refractivity contribution is 5.22. The van der Waals surface area contributed by atoms with Crippen LogP contribution in [0.5, 0.6) is 0 Å². The van der Waals surface area contributed by atoms with Crippen LogP contribution in [0, 0.1) is 12.3 Å². The summed E-state index contributed by atoms with van der Waals surface area (Å²) in [5.41, 5.74) is -0.710. The largest absolute Gasteiger partial charge is 0.492 e. The monoisotopic (exact) mass is 138 g/mol. The molecule has 0 aliphatic carbocycles. The minimum absolute atomic E-state index is 0.529. The van der Waals surface area contributed by atoms with E-state index in [2.05, 4.69) is 12.5 Å². The van der Waals surface area contributed by atoms with E-state index < -0.39 is 5.60 Å². The Bertz CT molecular complexity index is 190. The second-order valence-electron chi connectivity index (χ2n) is 2.30. The van der Waals surface area contributed by atoms with Crippen molar-refractivity contribution in [2.24, 2.45) is 0 Å². The highest BCUT2D eigenvalue weighted by Gasteiger charge is 2.30. The van der Waals surface area contributed by atoms with Crippen LogP contribution in [0.1, 0.15) is 6.92 Å². The predicted octanol–water partition coefficient (Wildman–Crippen LogP) is 0.939. The first-order valence-electron chi connectivity index (χ1n) is 3.13. The third-order valence-corrected chi connectivity index (χ3v) is 1.56. The van der Waals surface area contributed by atoms with Gasteiger partial charge in [-0.25, -0.2) is 0 Å². The van der Waals surface area contributed by atoms with Gasteiger partial charge in [-0.05, 0) is 6.92 Å². The van der Waals surface area contributed by atoms with Crippen LogP contribution in [0.2, 0.25) is 0 Å². The fourth-order valence-electron chi connectivity index (χ4n) is 0.751. The molecule has 10 heavy (non-hydrogen) atoms. The number of hydrogen-bond acceptors (Lipinski definition) is 2. The molecule has 0 radical (unpaired) electrons. The van der Waals surface area contributed by atoms with Gasteiger partial charge in [-0.15, -0.1) is 6.42 Å². The van der Waals surface area contributed by atoms with Crippen LogP contribution < -0.4 is 0 Å². The normalized spacial score (nSPS) is 32.6. The summed E-state index contributed by atoms with van der Waals surface area (Å²) in [5, 5.41) is 0. The van der Waals surface area contributed by atoms with Crippen molar-refractivity contribution < 1.29 is 9.47 Å². The molecule has 0 aromatic carbocycles. The van der Waals surface area contributed by atoms with Gasteiger partial charge in [-0.3, -0.25) is 0 Å². The molecule has 1 aliphatic heterocycles. The van der Waals surface area contributed by atoms with Crippen LogP contribution in [-0.4, -0.2) is 18.8 Å². The van der Waals surface area contributed by atoms with E-state index in [-0.39, 0.29) is 0 Å². The van der Waals surface area contributed by atoms with Crippen molar-refractivity contribution in [2.45, 2.75) is 12.5 Å². The molecule has 1 unspecified atom stereocenters. The highest BCUT2D eigenvalue weighted by atomic mass is 16.6. The first-order valence-corrected chi connectivity index (χ1v) is 3.13. The van der Waals surface area contributed by atoms with E-state index in [4.69, 9.17) is 15.9 Å². The van der Waals surface area contributed by atoms with Gasteiger partial charge in [-0.2, -0.15) is 0 Å². The molecule has 1 atom stereocenters.